The second-order valence-corrected chi connectivity index (χ2v) is 9.48. The first-order valence-electron chi connectivity index (χ1n) is 10.3. The van der Waals surface area contributed by atoms with E-state index in [4.69, 9.17) is 4.74 Å². The maximum atomic E-state index is 13.2. The molecule has 6 nitrogen and oxygen atoms in total. The van der Waals surface area contributed by atoms with Crippen LogP contribution >= 0.6 is 0 Å². The van der Waals surface area contributed by atoms with Crippen LogP contribution in [0.2, 0.25) is 0 Å². The van der Waals surface area contributed by atoms with E-state index in [9.17, 15) is 13.2 Å². The minimum absolute atomic E-state index is 0.115. The normalized spacial score (nSPS) is 17.3. The molecule has 0 bridgehead atoms. The van der Waals surface area contributed by atoms with Gasteiger partial charge >= 0.3 is 0 Å². The number of sulfonamides is 1. The van der Waals surface area contributed by atoms with Gasteiger partial charge in [0, 0.05) is 31.4 Å². The van der Waals surface area contributed by atoms with Gasteiger partial charge in [0.25, 0.3) is 5.91 Å². The van der Waals surface area contributed by atoms with Crippen LogP contribution in [0.1, 0.15) is 30.4 Å². The van der Waals surface area contributed by atoms with Gasteiger partial charge in [-0.2, -0.15) is 4.31 Å². The molecule has 30 heavy (non-hydrogen) atoms. The molecule has 1 saturated heterocycles. The van der Waals surface area contributed by atoms with Crippen molar-refractivity contribution < 1.29 is 17.9 Å². The highest BCUT2D eigenvalue weighted by atomic mass is 32.2. The number of piperidine rings is 1. The lowest BCUT2D eigenvalue weighted by molar-refractivity contribution is -0.114. The fraction of sp³-hybridized carbons (Fsp3) is 0.348. The number of nitrogens with zero attached hydrogens (tertiary/aromatic N) is 2. The van der Waals surface area contributed by atoms with Crippen LogP contribution in [-0.2, 0) is 21.2 Å². The van der Waals surface area contributed by atoms with Crippen LogP contribution in [0.15, 0.2) is 53.4 Å². The van der Waals surface area contributed by atoms with Gasteiger partial charge in [-0.3, -0.25) is 4.79 Å². The van der Waals surface area contributed by atoms with Crippen molar-refractivity contribution in [1.82, 2.24) is 4.31 Å². The van der Waals surface area contributed by atoms with E-state index in [1.165, 1.54) is 23.1 Å². The van der Waals surface area contributed by atoms with Crippen molar-refractivity contribution in [1.29, 1.82) is 0 Å². The molecule has 4 rings (SSSR count). The smallest absolute Gasteiger partial charge is 0.251 e. The molecule has 7 heteroatoms. The summed E-state index contributed by atoms with van der Waals surface area (Å²) < 4.78 is 33.1. The molecule has 0 radical (unpaired) electrons. The average Bonchev–Trinajstić information content (AvgIpc) is 3.22. The van der Waals surface area contributed by atoms with Gasteiger partial charge in [-0.1, -0.05) is 30.7 Å². The average molecular weight is 427 g/mol. The second kappa shape index (κ2) is 8.62. The van der Waals surface area contributed by atoms with Crippen LogP contribution in [0.3, 0.4) is 0 Å². The highest BCUT2D eigenvalue weighted by Crippen LogP contribution is 2.31. The number of methoxy groups -OCH3 is 1. The lowest BCUT2D eigenvalue weighted by atomic mass is 10.2. The van der Waals surface area contributed by atoms with E-state index in [0.717, 1.165) is 31.4 Å². The number of para-hydroxylation sites is 1. The Balaban J connectivity index is 1.58. The Morgan fingerprint density at radius 2 is 1.80 bits per heavy atom. The third kappa shape index (κ3) is 4.00. The molecule has 2 aliphatic rings. The molecule has 0 spiro atoms. The van der Waals surface area contributed by atoms with Crippen LogP contribution in [0.5, 0.6) is 5.75 Å². The molecule has 2 aromatic rings. The molecule has 0 atom stereocenters. The van der Waals surface area contributed by atoms with Gasteiger partial charge in [0.1, 0.15) is 10.6 Å². The second-order valence-electron chi connectivity index (χ2n) is 7.58. The highest BCUT2D eigenvalue weighted by molar-refractivity contribution is 7.89. The molecule has 1 amide bonds. The molecule has 0 aromatic heterocycles. The number of carbonyl (C=O) groups is 1. The first-order chi connectivity index (χ1) is 14.5. The van der Waals surface area contributed by atoms with Gasteiger partial charge in [-0.05, 0) is 54.7 Å². The van der Waals surface area contributed by atoms with Crippen molar-refractivity contribution in [2.75, 3.05) is 31.6 Å². The SMILES string of the molecule is COc1ccc(/C=C/C(=O)N2CCc3ccccc32)cc1S(=O)(=O)N1CCCCC1. The Bertz CT molecular complexity index is 1070. The summed E-state index contributed by atoms with van der Waals surface area (Å²) in [6.07, 6.45) is 6.79. The van der Waals surface area contributed by atoms with Crippen molar-refractivity contribution in [3.63, 3.8) is 0 Å². The van der Waals surface area contributed by atoms with E-state index in [1.807, 2.05) is 24.3 Å². The number of hydrogen-bond donors (Lipinski definition) is 0. The Kier molecular flexibility index (Phi) is 5.92. The molecule has 2 heterocycles. The lowest BCUT2D eigenvalue weighted by Crippen LogP contribution is -2.35. The van der Waals surface area contributed by atoms with Gasteiger partial charge in [0.2, 0.25) is 10.0 Å². The van der Waals surface area contributed by atoms with Crippen LogP contribution in [0, 0.1) is 0 Å². The monoisotopic (exact) mass is 426 g/mol. The molecule has 2 aliphatic heterocycles. The van der Waals surface area contributed by atoms with Crippen LogP contribution in [0.4, 0.5) is 5.69 Å². The number of carbonyl (C=O) groups excluding carboxylic acids is 1. The number of fused-ring (bicyclic) bond motifs is 1. The van der Waals surface area contributed by atoms with E-state index in [1.54, 1.807) is 29.2 Å². The molecular formula is C23H26N2O4S. The summed E-state index contributed by atoms with van der Waals surface area (Å²) in [4.78, 5) is 14.6. The summed E-state index contributed by atoms with van der Waals surface area (Å²) in [6, 6.07) is 12.9. The largest absolute Gasteiger partial charge is 0.495 e. The number of benzene rings is 2. The highest BCUT2D eigenvalue weighted by Gasteiger charge is 2.29. The van der Waals surface area contributed by atoms with E-state index in [-0.39, 0.29) is 10.8 Å². The van der Waals surface area contributed by atoms with Crippen molar-refractivity contribution >= 4 is 27.7 Å². The van der Waals surface area contributed by atoms with E-state index in [0.29, 0.717) is 30.9 Å². The topological polar surface area (TPSA) is 66.9 Å². The van der Waals surface area contributed by atoms with E-state index in [2.05, 4.69) is 0 Å². The van der Waals surface area contributed by atoms with Crippen molar-refractivity contribution in [2.45, 2.75) is 30.6 Å². The summed E-state index contributed by atoms with van der Waals surface area (Å²) in [7, 11) is -2.18. The van der Waals surface area contributed by atoms with E-state index >= 15 is 0 Å². The molecule has 0 aliphatic carbocycles. The van der Waals surface area contributed by atoms with E-state index < -0.39 is 10.0 Å². The van der Waals surface area contributed by atoms with Crippen LogP contribution < -0.4 is 9.64 Å². The fourth-order valence-electron chi connectivity index (χ4n) is 4.07. The van der Waals surface area contributed by atoms with Crippen molar-refractivity contribution in [3.8, 4) is 5.75 Å². The van der Waals surface area contributed by atoms with Gasteiger partial charge in [-0.15, -0.1) is 0 Å². The molecule has 0 unspecified atom stereocenters. The summed E-state index contributed by atoms with van der Waals surface area (Å²) in [5.74, 6) is 0.203. The van der Waals surface area contributed by atoms with Gasteiger partial charge in [-0.25, -0.2) is 8.42 Å². The number of anilines is 1. The standard InChI is InChI=1S/C23H26N2O4S/c1-29-21-11-9-18(17-22(21)30(27,28)24-14-5-2-6-15-24)10-12-23(26)25-16-13-19-7-3-4-8-20(19)25/h3-4,7-12,17H,2,5-6,13-16H2,1H3/b12-10+. The quantitative estimate of drug-likeness (QED) is 0.687. The number of rotatable bonds is 5. The fourth-order valence-corrected chi connectivity index (χ4v) is 5.78. The minimum Gasteiger partial charge on any atom is -0.495 e. The molecule has 0 saturated carbocycles. The molecule has 0 N–H and O–H groups in total. The molecule has 2 aromatic carbocycles. The third-order valence-electron chi connectivity index (χ3n) is 5.69. The number of hydrogen-bond acceptors (Lipinski definition) is 4. The zero-order chi connectivity index (χ0) is 21.1. The minimum atomic E-state index is -3.64. The molecule has 158 valence electrons. The van der Waals surface area contributed by atoms with Crippen LogP contribution in [-0.4, -0.2) is 45.4 Å². The Morgan fingerprint density at radius 3 is 2.57 bits per heavy atom. The van der Waals surface area contributed by atoms with Crippen molar-refractivity contribution in [3.05, 3.63) is 59.7 Å². The molecule has 1 fully saturated rings. The Hall–Kier alpha value is -2.64. The summed E-state index contributed by atoms with van der Waals surface area (Å²) in [6.45, 7) is 1.70. The molecular weight excluding hydrogens is 400 g/mol. The maximum Gasteiger partial charge on any atom is 0.251 e. The summed E-state index contributed by atoms with van der Waals surface area (Å²) in [5, 5.41) is 0. The van der Waals surface area contributed by atoms with Gasteiger partial charge in [0.05, 0.1) is 7.11 Å². The van der Waals surface area contributed by atoms with Gasteiger partial charge < -0.3 is 9.64 Å². The Morgan fingerprint density at radius 1 is 1.03 bits per heavy atom. The zero-order valence-corrected chi connectivity index (χ0v) is 17.9. The first kappa shape index (κ1) is 20.6. The van der Waals surface area contributed by atoms with Crippen LogP contribution in [0.25, 0.3) is 6.08 Å². The maximum absolute atomic E-state index is 13.2. The zero-order valence-electron chi connectivity index (χ0n) is 17.1. The first-order valence-corrected chi connectivity index (χ1v) is 11.7. The predicted octanol–water partition coefficient (Wildman–Crippen LogP) is 3.47. The lowest BCUT2D eigenvalue weighted by Gasteiger charge is -2.26. The third-order valence-corrected chi connectivity index (χ3v) is 7.61. The number of ether oxygens (including phenoxy) is 1. The predicted molar refractivity (Wildman–Crippen MR) is 117 cm³/mol. The summed E-state index contributed by atoms with van der Waals surface area (Å²) in [5.41, 5.74) is 2.75. The summed E-state index contributed by atoms with van der Waals surface area (Å²) >= 11 is 0. The number of amides is 1. The Labute approximate surface area is 177 Å². The van der Waals surface area contributed by atoms with Gasteiger partial charge in [0.15, 0.2) is 0 Å². The van der Waals surface area contributed by atoms with Crippen molar-refractivity contribution in [2.24, 2.45) is 0 Å².